The first-order valence-corrected chi connectivity index (χ1v) is 6.66. The van der Waals surface area contributed by atoms with Crippen LogP contribution in [-0.2, 0) is 0 Å². The summed E-state index contributed by atoms with van der Waals surface area (Å²) in [5, 5.41) is 3.52. The molecule has 98 valence electrons. The number of pyridine rings is 1. The van der Waals surface area contributed by atoms with Crippen LogP contribution in [-0.4, -0.2) is 20.9 Å². The molecular weight excluding hydrogens is 320 g/mol. The van der Waals surface area contributed by atoms with E-state index in [1.165, 1.54) is 12.4 Å². The largest absolute Gasteiger partial charge is 0.305 e. The van der Waals surface area contributed by atoms with Crippen molar-refractivity contribution in [1.29, 1.82) is 0 Å². The van der Waals surface area contributed by atoms with Gasteiger partial charge in [-0.25, -0.2) is 9.97 Å². The first-order valence-electron chi connectivity index (χ1n) is 5.87. The molecule has 0 aliphatic carbocycles. The van der Waals surface area contributed by atoms with Crippen molar-refractivity contribution in [2.24, 2.45) is 0 Å². The topological polar surface area (TPSA) is 67.8 Å². The lowest BCUT2D eigenvalue weighted by molar-refractivity contribution is 0.102. The number of fused-ring (bicyclic) bond motifs is 1. The first kappa shape index (κ1) is 12.7. The third kappa shape index (κ3) is 2.50. The van der Waals surface area contributed by atoms with Gasteiger partial charge in [-0.05, 0) is 28.1 Å². The summed E-state index contributed by atoms with van der Waals surface area (Å²) in [5.41, 5.74) is 1.34. The van der Waals surface area contributed by atoms with E-state index in [0.29, 0.717) is 16.0 Å². The van der Waals surface area contributed by atoms with E-state index in [-0.39, 0.29) is 5.91 Å². The molecule has 0 radical (unpaired) electrons. The summed E-state index contributed by atoms with van der Waals surface area (Å²) in [6.45, 7) is 0. The fourth-order valence-corrected chi connectivity index (χ4v) is 2.06. The summed E-state index contributed by atoms with van der Waals surface area (Å²) in [6, 6.07) is 9.18. The molecule has 0 unspecified atom stereocenters. The van der Waals surface area contributed by atoms with E-state index in [2.05, 4.69) is 36.2 Å². The van der Waals surface area contributed by atoms with E-state index in [4.69, 9.17) is 0 Å². The molecule has 1 amide bonds. The molecule has 1 N–H and O–H groups in total. The third-order valence-corrected chi connectivity index (χ3v) is 3.17. The van der Waals surface area contributed by atoms with Crippen molar-refractivity contribution in [3.8, 4) is 0 Å². The van der Waals surface area contributed by atoms with Gasteiger partial charge in [0.2, 0.25) is 0 Å². The van der Waals surface area contributed by atoms with Crippen LogP contribution >= 0.6 is 15.9 Å². The van der Waals surface area contributed by atoms with Gasteiger partial charge >= 0.3 is 0 Å². The van der Waals surface area contributed by atoms with E-state index in [1.54, 1.807) is 12.3 Å². The summed E-state index contributed by atoms with van der Waals surface area (Å²) < 4.78 is 0.616. The molecule has 0 fully saturated rings. The Kier molecular flexibility index (Phi) is 3.39. The second-order valence-electron chi connectivity index (χ2n) is 4.05. The molecule has 0 saturated heterocycles. The Morgan fingerprint density at radius 3 is 2.70 bits per heavy atom. The Labute approximate surface area is 123 Å². The quantitative estimate of drug-likeness (QED) is 0.785. The summed E-state index contributed by atoms with van der Waals surface area (Å²) >= 11 is 3.19. The predicted molar refractivity (Wildman–Crippen MR) is 79.4 cm³/mol. The standard InChI is InChI=1S/C14H9BrN4O/c15-12-7-18-13(8-17-12)19-14(20)10-5-6-16-11-4-2-1-3-9(10)11/h1-8H,(H,18,19,20). The minimum Gasteiger partial charge on any atom is -0.305 e. The van der Waals surface area contributed by atoms with Crippen LogP contribution < -0.4 is 5.32 Å². The third-order valence-electron chi connectivity index (χ3n) is 2.76. The van der Waals surface area contributed by atoms with Crippen LogP contribution in [0.3, 0.4) is 0 Å². The van der Waals surface area contributed by atoms with E-state index in [9.17, 15) is 4.79 Å². The highest BCUT2D eigenvalue weighted by molar-refractivity contribution is 9.10. The number of hydrogen-bond acceptors (Lipinski definition) is 4. The number of nitrogens with one attached hydrogen (secondary N) is 1. The summed E-state index contributed by atoms with van der Waals surface area (Å²) in [7, 11) is 0. The fourth-order valence-electron chi connectivity index (χ4n) is 1.85. The zero-order valence-corrected chi connectivity index (χ0v) is 11.8. The Hall–Kier alpha value is -2.34. The maximum Gasteiger partial charge on any atom is 0.257 e. The SMILES string of the molecule is O=C(Nc1cnc(Br)cn1)c1ccnc2ccccc12. The molecule has 3 rings (SSSR count). The molecule has 0 atom stereocenters. The number of para-hydroxylation sites is 1. The summed E-state index contributed by atoms with van der Waals surface area (Å²) in [5.74, 6) is 0.166. The van der Waals surface area contributed by atoms with Crippen molar-refractivity contribution in [2.45, 2.75) is 0 Å². The zero-order chi connectivity index (χ0) is 13.9. The van der Waals surface area contributed by atoms with Crippen molar-refractivity contribution in [3.63, 3.8) is 0 Å². The van der Waals surface area contributed by atoms with Crippen molar-refractivity contribution in [1.82, 2.24) is 15.0 Å². The zero-order valence-electron chi connectivity index (χ0n) is 10.2. The normalized spacial score (nSPS) is 10.4. The number of amides is 1. The van der Waals surface area contributed by atoms with Gasteiger partial charge in [-0.2, -0.15) is 0 Å². The summed E-state index contributed by atoms with van der Waals surface area (Å²) in [4.78, 5) is 24.6. The van der Waals surface area contributed by atoms with Gasteiger partial charge in [0, 0.05) is 11.6 Å². The molecule has 1 aromatic carbocycles. The van der Waals surface area contributed by atoms with E-state index in [1.807, 2.05) is 24.3 Å². The highest BCUT2D eigenvalue weighted by Gasteiger charge is 2.11. The van der Waals surface area contributed by atoms with E-state index < -0.39 is 0 Å². The van der Waals surface area contributed by atoms with Crippen LogP contribution in [0.25, 0.3) is 10.9 Å². The number of nitrogens with zero attached hydrogens (tertiary/aromatic N) is 3. The van der Waals surface area contributed by atoms with Crippen molar-refractivity contribution in [2.75, 3.05) is 5.32 Å². The van der Waals surface area contributed by atoms with Gasteiger partial charge < -0.3 is 5.32 Å². The monoisotopic (exact) mass is 328 g/mol. The van der Waals surface area contributed by atoms with Crippen LogP contribution in [0, 0.1) is 0 Å². The smallest absolute Gasteiger partial charge is 0.257 e. The Balaban J connectivity index is 1.94. The molecule has 0 spiro atoms. The van der Waals surface area contributed by atoms with Crippen molar-refractivity contribution in [3.05, 3.63) is 59.1 Å². The molecule has 3 aromatic rings. The van der Waals surface area contributed by atoms with Crippen molar-refractivity contribution < 1.29 is 4.79 Å². The summed E-state index contributed by atoms with van der Waals surface area (Å²) in [6.07, 6.45) is 4.64. The average molecular weight is 329 g/mol. The van der Waals surface area contributed by atoms with E-state index in [0.717, 1.165) is 10.9 Å². The molecule has 2 aromatic heterocycles. The molecule has 5 nitrogen and oxygen atoms in total. The Bertz CT molecular complexity index is 768. The highest BCUT2D eigenvalue weighted by atomic mass is 79.9. The van der Waals surface area contributed by atoms with Crippen LogP contribution in [0.4, 0.5) is 5.82 Å². The number of carbonyl (C=O) groups is 1. The van der Waals surface area contributed by atoms with Gasteiger partial charge in [-0.15, -0.1) is 0 Å². The lowest BCUT2D eigenvalue weighted by Gasteiger charge is -2.06. The first-order chi connectivity index (χ1) is 9.74. The maximum absolute atomic E-state index is 12.3. The van der Waals surface area contributed by atoms with Gasteiger partial charge in [-0.1, -0.05) is 18.2 Å². The fraction of sp³-hybridized carbons (Fsp3) is 0. The van der Waals surface area contributed by atoms with Gasteiger partial charge in [0.1, 0.15) is 4.60 Å². The van der Waals surface area contributed by atoms with Gasteiger partial charge in [0.25, 0.3) is 5.91 Å². The maximum atomic E-state index is 12.3. The highest BCUT2D eigenvalue weighted by Crippen LogP contribution is 2.17. The molecule has 0 bridgehead atoms. The lowest BCUT2D eigenvalue weighted by atomic mass is 10.1. The molecule has 0 aliphatic rings. The van der Waals surface area contributed by atoms with Crippen LogP contribution in [0.5, 0.6) is 0 Å². The molecule has 20 heavy (non-hydrogen) atoms. The number of halogens is 1. The Morgan fingerprint density at radius 2 is 1.90 bits per heavy atom. The van der Waals surface area contributed by atoms with E-state index >= 15 is 0 Å². The van der Waals surface area contributed by atoms with Crippen molar-refractivity contribution >= 4 is 38.6 Å². The molecule has 0 aliphatic heterocycles. The Morgan fingerprint density at radius 1 is 1.05 bits per heavy atom. The number of anilines is 1. The van der Waals surface area contributed by atoms with Crippen LogP contribution in [0.15, 0.2) is 53.5 Å². The minimum atomic E-state index is -0.236. The minimum absolute atomic E-state index is 0.236. The number of aromatic nitrogens is 3. The lowest BCUT2D eigenvalue weighted by Crippen LogP contribution is -2.13. The predicted octanol–water partition coefficient (Wildman–Crippen LogP) is 3.04. The van der Waals surface area contributed by atoms with Gasteiger partial charge in [0.05, 0.1) is 23.5 Å². The van der Waals surface area contributed by atoms with Gasteiger partial charge in [0.15, 0.2) is 5.82 Å². The van der Waals surface area contributed by atoms with Crippen LogP contribution in [0.2, 0.25) is 0 Å². The number of carbonyl (C=O) groups excluding carboxylic acids is 1. The molecule has 6 heteroatoms. The molecule has 2 heterocycles. The second-order valence-corrected chi connectivity index (χ2v) is 4.87. The average Bonchev–Trinajstić information content (AvgIpc) is 2.49. The number of hydrogen-bond donors (Lipinski definition) is 1. The molecule has 0 saturated carbocycles. The van der Waals surface area contributed by atoms with Gasteiger partial charge in [-0.3, -0.25) is 9.78 Å². The number of rotatable bonds is 2. The van der Waals surface area contributed by atoms with Crippen LogP contribution in [0.1, 0.15) is 10.4 Å². The molecular formula is C14H9BrN4O. The second kappa shape index (κ2) is 5.34. The number of benzene rings is 1.